The fourth-order valence-electron chi connectivity index (χ4n) is 1.79. The van der Waals surface area contributed by atoms with Crippen molar-refractivity contribution in [2.75, 3.05) is 24.7 Å². The Morgan fingerprint density at radius 2 is 1.89 bits per heavy atom. The van der Waals surface area contributed by atoms with Crippen molar-refractivity contribution in [3.05, 3.63) is 29.8 Å². The number of ether oxygens (including phenoxy) is 1. The van der Waals surface area contributed by atoms with E-state index >= 15 is 0 Å². The van der Waals surface area contributed by atoms with Gasteiger partial charge in [-0.25, -0.2) is 0 Å². The zero-order valence-electron chi connectivity index (χ0n) is 11.7. The van der Waals surface area contributed by atoms with Gasteiger partial charge >= 0.3 is 0 Å². The Kier molecular flexibility index (Phi) is 7.94. The molecule has 1 N–H and O–H groups in total. The molecule has 0 spiro atoms. The van der Waals surface area contributed by atoms with Gasteiger partial charge in [0, 0.05) is 11.8 Å². The van der Waals surface area contributed by atoms with Gasteiger partial charge < -0.3 is 10.1 Å². The van der Waals surface area contributed by atoms with Crippen molar-refractivity contribution in [1.29, 1.82) is 0 Å². The monoisotopic (exact) mass is 267 g/mol. The van der Waals surface area contributed by atoms with Gasteiger partial charge in [-0.3, -0.25) is 0 Å². The van der Waals surface area contributed by atoms with E-state index in [-0.39, 0.29) is 0 Å². The first-order chi connectivity index (χ1) is 8.81. The lowest BCUT2D eigenvalue weighted by atomic mass is 10.1. The van der Waals surface area contributed by atoms with Crippen LogP contribution in [-0.2, 0) is 0 Å². The molecule has 102 valence electrons. The first-order valence-corrected chi connectivity index (χ1v) is 8.01. The van der Waals surface area contributed by atoms with Crippen LogP contribution < -0.4 is 10.1 Å². The van der Waals surface area contributed by atoms with Gasteiger partial charge in [-0.1, -0.05) is 26.0 Å². The third-order valence-electron chi connectivity index (χ3n) is 2.72. The summed E-state index contributed by atoms with van der Waals surface area (Å²) in [5, 5.41) is 3.61. The molecule has 0 radical (unpaired) electrons. The second-order valence-corrected chi connectivity index (χ2v) is 5.49. The van der Waals surface area contributed by atoms with Crippen LogP contribution in [0, 0.1) is 0 Å². The molecule has 0 heterocycles. The Bertz CT molecular complexity index is 305. The minimum Gasteiger partial charge on any atom is -0.494 e. The zero-order valence-corrected chi connectivity index (χ0v) is 12.6. The van der Waals surface area contributed by atoms with Crippen LogP contribution in [-0.4, -0.2) is 24.7 Å². The van der Waals surface area contributed by atoms with Gasteiger partial charge in [-0.2, -0.15) is 11.8 Å². The predicted molar refractivity (Wildman–Crippen MR) is 81.6 cm³/mol. The lowest BCUT2D eigenvalue weighted by molar-refractivity contribution is 0.340. The quantitative estimate of drug-likeness (QED) is 0.733. The maximum atomic E-state index is 5.48. The number of nitrogens with one attached hydrogen (secondary N) is 1. The van der Waals surface area contributed by atoms with Crippen LogP contribution in [0.5, 0.6) is 5.75 Å². The first-order valence-electron chi connectivity index (χ1n) is 6.85. The molecule has 18 heavy (non-hydrogen) atoms. The summed E-state index contributed by atoms with van der Waals surface area (Å²) >= 11 is 1.98. The van der Waals surface area contributed by atoms with Crippen LogP contribution in [0.15, 0.2) is 24.3 Å². The number of hydrogen-bond acceptors (Lipinski definition) is 3. The Balaban J connectivity index is 2.64. The molecular weight excluding hydrogens is 242 g/mol. The molecule has 1 aromatic carbocycles. The topological polar surface area (TPSA) is 21.3 Å². The Morgan fingerprint density at radius 3 is 2.44 bits per heavy atom. The number of thioether (sulfide) groups is 1. The van der Waals surface area contributed by atoms with E-state index < -0.39 is 0 Å². The van der Waals surface area contributed by atoms with E-state index in [1.54, 1.807) is 0 Å². The van der Waals surface area contributed by atoms with E-state index in [1.165, 1.54) is 17.7 Å². The highest BCUT2D eigenvalue weighted by atomic mass is 32.2. The maximum absolute atomic E-state index is 5.48. The second kappa shape index (κ2) is 9.29. The predicted octanol–water partition coefficient (Wildman–Crippen LogP) is 3.88. The SMILES string of the molecule is CCCNC(CSCC)c1ccc(OCC)cc1. The molecule has 0 bridgehead atoms. The molecule has 0 aliphatic carbocycles. The van der Waals surface area contributed by atoms with Crippen molar-refractivity contribution < 1.29 is 4.74 Å². The van der Waals surface area contributed by atoms with Crippen molar-refractivity contribution in [1.82, 2.24) is 5.32 Å². The molecule has 1 unspecified atom stereocenters. The molecule has 0 saturated carbocycles. The smallest absolute Gasteiger partial charge is 0.119 e. The molecule has 1 aromatic rings. The Morgan fingerprint density at radius 1 is 1.17 bits per heavy atom. The second-order valence-electron chi connectivity index (χ2n) is 4.17. The number of benzene rings is 1. The van der Waals surface area contributed by atoms with Crippen LogP contribution in [0.4, 0.5) is 0 Å². The zero-order chi connectivity index (χ0) is 13.2. The minimum atomic E-state index is 0.450. The summed E-state index contributed by atoms with van der Waals surface area (Å²) in [6, 6.07) is 8.93. The average Bonchev–Trinajstić information content (AvgIpc) is 2.41. The van der Waals surface area contributed by atoms with Crippen molar-refractivity contribution in [2.24, 2.45) is 0 Å². The van der Waals surface area contributed by atoms with Crippen molar-refractivity contribution in [2.45, 2.75) is 33.2 Å². The highest BCUT2D eigenvalue weighted by Gasteiger charge is 2.10. The minimum absolute atomic E-state index is 0.450. The summed E-state index contributed by atoms with van der Waals surface area (Å²) in [6.07, 6.45) is 1.17. The first kappa shape index (κ1) is 15.4. The lowest BCUT2D eigenvalue weighted by Crippen LogP contribution is -2.24. The van der Waals surface area contributed by atoms with E-state index in [4.69, 9.17) is 4.74 Å². The molecule has 3 heteroatoms. The van der Waals surface area contributed by atoms with Crippen molar-refractivity contribution in [3.8, 4) is 5.75 Å². The van der Waals surface area contributed by atoms with Crippen LogP contribution in [0.1, 0.15) is 38.8 Å². The fraction of sp³-hybridized carbons (Fsp3) is 0.600. The molecule has 2 nitrogen and oxygen atoms in total. The highest BCUT2D eigenvalue weighted by molar-refractivity contribution is 7.99. The van der Waals surface area contributed by atoms with Gasteiger partial charge in [0.2, 0.25) is 0 Å². The van der Waals surface area contributed by atoms with E-state index in [0.717, 1.165) is 24.7 Å². The molecule has 1 atom stereocenters. The summed E-state index contributed by atoms with van der Waals surface area (Å²) in [5.74, 6) is 3.25. The average molecular weight is 267 g/mol. The van der Waals surface area contributed by atoms with Crippen molar-refractivity contribution >= 4 is 11.8 Å². The van der Waals surface area contributed by atoms with E-state index in [2.05, 4.69) is 43.4 Å². The third kappa shape index (κ3) is 5.32. The largest absolute Gasteiger partial charge is 0.494 e. The van der Waals surface area contributed by atoms with Crippen LogP contribution in [0.2, 0.25) is 0 Å². The standard InChI is InChI=1S/C15H25NOS/c1-4-11-16-15(12-18-6-3)13-7-9-14(10-8-13)17-5-2/h7-10,15-16H,4-6,11-12H2,1-3H3. The van der Waals surface area contributed by atoms with Gasteiger partial charge in [0.1, 0.15) is 5.75 Å². The Hall–Kier alpha value is -0.670. The van der Waals surface area contributed by atoms with Crippen LogP contribution in [0.25, 0.3) is 0 Å². The third-order valence-corrected chi connectivity index (χ3v) is 3.70. The van der Waals surface area contributed by atoms with Gasteiger partial charge in [0.15, 0.2) is 0 Å². The number of hydrogen-bond donors (Lipinski definition) is 1. The van der Waals surface area contributed by atoms with Gasteiger partial charge in [-0.05, 0) is 43.3 Å². The lowest BCUT2D eigenvalue weighted by Gasteiger charge is -2.18. The maximum Gasteiger partial charge on any atom is 0.119 e. The van der Waals surface area contributed by atoms with Crippen molar-refractivity contribution in [3.63, 3.8) is 0 Å². The summed E-state index contributed by atoms with van der Waals surface area (Å²) in [6.45, 7) is 8.22. The summed E-state index contributed by atoms with van der Waals surface area (Å²) in [4.78, 5) is 0. The van der Waals surface area contributed by atoms with E-state index in [0.29, 0.717) is 6.04 Å². The molecule has 0 saturated heterocycles. The van der Waals surface area contributed by atoms with E-state index in [9.17, 15) is 0 Å². The van der Waals surface area contributed by atoms with Gasteiger partial charge in [0.25, 0.3) is 0 Å². The molecule has 0 amide bonds. The Labute approximate surface area is 116 Å². The summed E-state index contributed by atoms with van der Waals surface area (Å²) in [5.41, 5.74) is 1.35. The number of rotatable bonds is 9. The summed E-state index contributed by atoms with van der Waals surface area (Å²) in [7, 11) is 0. The molecule has 0 aromatic heterocycles. The summed E-state index contributed by atoms with van der Waals surface area (Å²) < 4.78 is 5.48. The molecule has 1 rings (SSSR count). The highest BCUT2D eigenvalue weighted by Crippen LogP contribution is 2.21. The molecule has 0 fully saturated rings. The van der Waals surface area contributed by atoms with Crippen LogP contribution in [0.3, 0.4) is 0 Å². The normalized spacial score (nSPS) is 12.4. The molecule has 0 aliphatic rings. The van der Waals surface area contributed by atoms with Gasteiger partial charge in [-0.15, -0.1) is 0 Å². The van der Waals surface area contributed by atoms with Crippen LogP contribution >= 0.6 is 11.8 Å². The molecular formula is C15H25NOS. The van der Waals surface area contributed by atoms with Gasteiger partial charge in [0.05, 0.1) is 6.61 Å². The fourth-order valence-corrected chi connectivity index (χ4v) is 2.57. The van der Waals surface area contributed by atoms with E-state index in [1.807, 2.05) is 18.7 Å². The molecule has 0 aliphatic heterocycles.